The lowest BCUT2D eigenvalue weighted by atomic mass is 9.75. The highest BCUT2D eigenvalue weighted by Crippen LogP contribution is 2.38. The molecule has 19 heavy (non-hydrogen) atoms. The van der Waals surface area contributed by atoms with Gasteiger partial charge in [-0.05, 0) is 47.7 Å². The second-order valence-corrected chi connectivity index (χ2v) is 5.12. The van der Waals surface area contributed by atoms with Gasteiger partial charge in [0.25, 0.3) is 0 Å². The van der Waals surface area contributed by atoms with Gasteiger partial charge in [-0.2, -0.15) is 5.26 Å². The first kappa shape index (κ1) is 12.0. The number of aliphatic hydroxyl groups is 1. The summed E-state index contributed by atoms with van der Waals surface area (Å²) < 4.78 is 0. The molecule has 0 radical (unpaired) electrons. The number of aliphatic hydroxyl groups excluding tert-OH is 1. The third-order valence-corrected chi connectivity index (χ3v) is 3.86. The number of benzene rings is 2. The maximum absolute atomic E-state index is 10.1. The lowest BCUT2D eigenvalue weighted by molar-refractivity contribution is 0.175. The Labute approximate surface area is 112 Å². The van der Waals surface area contributed by atoms with Crippen molar-refractivity contribution < 1.29 is 5.11 Å². The molecule has 3 rings (SSSR count). The van der Waals surface area contributed by atoms with Gasteiger partial charge < -0.3 is 5.11 Å². The Morgan fingerprint density at radius 1 is 1.16 bits per heavy atom. The lowest BCUT2D eigenvalue weighted by Gasteiger charge is -2.30. The number of hydrogen-bond donors (Lipinski definition) is 1. The number of rotatable bonds is 1. The van der Waals surface area contributed by atoms with E-state index in [0.29, 0.717) is 5.56 Å². The molecule has 2 aromatic carbocycles. The van der Waals surface area contributed by atoms with E-state index in [1.807, 2.05) is 37.3 Å². The van der Waals surface area contributed by atoms with E-state index >= 15 is 0 Å². The molecule has 1 aliphatic carbocycles. The minimum Gasteiger partial charge on any atom is -0.392 e. The molecule has 0 saturated heterocycles. The predicted octanol–water partition coefficient (Wildman–Crippen LogP) is 2.98. The van der Waals surface area contributed by atoms with E-state index in [-0.39, 0.29) is 5.92 Å². The normalized spacial score (nSPS) is 18.1. The highest BCUT2D eigenvalue weighted by atomic mass is 16.3. The van der Waals surface area contributed by atoms with Crippen molar-refractivity contribution in [3.63, 3.8) is 0 Å². The number of fused-ring (bicyclic) bond motifs is 2. The first-order valence-corrected chi connectivity index (χ1v) is 6.49. The van der Waals surface area contributed by atoms with Crippen molar-refractivity contribution in [3.8, 4) is 6.07 Å². The summed E-state index contributed by atoms with van der Waals surface area (Å²) in [5.41, 5.74) is 5.43. The summed E-state index contributed by atoms with van der Waals surface area (Å²) >= 11 is 0. The predicted molar refractivity (Wildman–Crippen MR) is 73.9 cm³/mol. The highest BCUT2D eigenvalue weighted by Gasteiger charge is 2.28. The fourth-order valence-corrected chi connectivity index (χ4v) is 3.02. The van der Waals surface area contributed by atoms with Crippen molar-refractivity contribution in [3.05, 3.63) is 70.3 Å². The third-order valence-electron chi connectivity index (χ3n) is 3.86. The van der Waals surface area contributed by atoms with E-state index in [1.165, 1.54) is 11.1 Å². The van der Waals surface area contributed by atoms with Crippen LogP contribution in [-0.4, -0.2) is 11.2 Å². The Balaban J connectivity index is 2.20. The zero-order chi connectivity index (χ0) is 13.4. The number of nitriles is 1. The summed E-state index contributed by atoms with van der Waals surface area (Å²) in [5.74, 6) is 0.00712. The number of nitrogens with zero attached hydrogens (tertiary/aromatic N) is 1. The molecule has 0 fully saturated rings. The minimum atomic E-state index is -0.437. The van der Waals surface area contributed by atoms with Crippen LogP contribution in [0.5, 0.6) is 0 Å². The van der Waals surface area contributed by atoms with E-state index in [9.17, 15) is 5.11 Å². The van der Waals surface area contributed by atoms with Crippen molar-refractivity contribution in [2.45, 2.75) is 25.4 Å². The van der Waals surface area contributed by atoms with Crippen molar-refractivity contribution in [2.75, 3.05) is 0 Å². The molecule has 0 amide bonds. The average molecular weight is 249 g/mol. The quantitative estimate of drug-likeness (QED) is 0.844. The van der Waals surface area contributed by atoms with Gasteiger partial charge in [0.1, 0.15) is 0 Å². The van der Waals surface area contributed by atoms with Crippen LogP contribution in [-0.2, 0) is 6.42 Å². The molecule has 0 heterocycles. The summed E-state index contributed by atoms with van der Waals surface area (Å²) in [6.45, 7) is 1.83. The lowest BCUT2D eigenvalue weighted by Crippen LogP contribution is -2.22. The Kier molecular flexibility index (Phi) is 2.85. The fraction of sp³-hybridized carbons (Fsp3) is 0.235. The molecular weight excluding hydrogens is 234 g/mol. The summed E-state index contributed by atoms with van der Waals surface area (Å²) in [7, 11) is 0. The largest absolute Gasteiger partial charge is 0.392 e. The van der Waals surface area contributed by atoms with Gasteiger partial charge in [-0.1, -0.05) is 30.3 Å². The van der Waals surface area contributed by atoms with Gasteiger partial charge >= 0.3 is 0 Å². The first-order valence-electron chi connectivity index (χ1n) is 6.49. The van der Waals surface area contributed by atoms with Gasteiger partial charge in [0.15, 0.2) is 0 Å². The summed E-state index contributed by atoms with van der Waals surface area (Å²) in [6.07, 6.45) is 0.401. The number of hydrogen-bond acceptors (Lipinski definition) is 2. The second-order valence-electron chi connectivity index (χ2n) is 5.12. The zero-order valence-corrected chi connectivity index (χ0v) is 10.8. The van der Waals surface area contributed by atoms with Crippen LogP contribution in [0.15, 0.2) is 42.5 Å². The standard InChI is InChI=1S/C17H15NO/c1-11(19)17-15-5-3-2-4-13(15)9-14-8-12(10-18)6-7-16(14)17/h2-8,11,17,19H,9H2,1H3. The van der Waals surface area contributed by atoms with Gasteiger partial charge in [0.05, 0.1) is 17.7 Å². The average Bonchev–Trinajstić information content (AvgIpc) is 2.43. The molecule has 94 valence electrons. The monoisotopic (exact) mass is 249 g/mol. The van der Waals surface area contributed by atoms with E-state index in [2.05, 4.69) is 18.2 Å². The zero-order valence-electron chi connectivity index (χ0n) is 10.8. The molecule has 0 aromatic heterocycles. The molecule has 2 aromatic rings. The van der Waals surface area contributed by atoms with E-state index in [0.717, 1.165) is 17.5 Å². The summed E-state index contributed by atoms with van der Waals surface area (Å²) in [4.78, 5) is 0. The van der Waals surface area contributed by atoms with Gasteiger partial charge in [0.2, 0.25) is 0 Å². The molecule has 0 saturated carbocycles. The first-order chi connectivity index (χ1) is 9.20. The van der Waals surface area contributed by atoms with Crippen LogP contribution in [0.25, 0.3) is 0 Å². The van der Waals surface area contributed by atoms with Crippen molar-refractivity contribution in [1.82, 2.24) is 0 Å². The molecule has 1 N–H and O–H groups in total. The molecule has 2 atom stereocenters. The van der Waals surface area contributed by atoms with Crippen LogP contribution in [0.2, 0.25) is 0 Å². The topological polar surface area (TPSA) is 44.0 Å². The Morgan fingerprint density at radius 2 is 1.89 bits per heavy atom. The Bertz CT molecular complexity index is 667. The van der Waals surface area contributed by atoms with Crippen LogP contribution in [0, 0.1) is 11.3 Å². The molecular formula is C17H15NO. The van der Waals surface area contributed by atoms with Crippen LogP contribution < -0.4 is 0 Å². The van der Waals surface area contributed by atoms with Crippen LogP contribution in [0.1, 0.15) is 40.7 Å². The van der Waals surface area contributed by atoms with E-state index < -0.39 is 6.10 Å². The summed E-state index contributed by atoms with van der Waals surface area (Å²) in [6, 6.07) is 16.2. The third kappa shape index (κ3) is 1.93. The van der Waals surface area contributed by atoms with Gasteiger partial charge in [-0.25, -0.2) is 0 Å². The van der Waals surface area contributed by atoms with Gasteiger partial charge in [0, 0.05) is 5.92 Å². The maximum atomic E-state index is 10.1. The summed E-state index contributed by atoms with van der Waals surface area (Å²) in [5, 5.41) is 19.1. The minimum absolute atomic E-state index is 0.00712. The fourth-order valence-electron chi connectivity index (χ4n) is 3.02. The van der Waals surface area contributed by atoms with E-state index in [4.69, 9.17) is 5.26 Å². The molecule has 0 bridgehead atoms. The van der Waals surface area contributed by atoms with Crippen LogP contribution in [0.4, 0.5) is 0 Å². The van der Waals surface area contributed by atoms with E-state index in [1.54, 1.807) is 0 Å². The van der Waals surface area contributed by atoms with Crippen molar-refractivity contribution in [1.29, 1.82) is 5.26 Å². The van der Waals surface area contributed by atoms with Crippen molar-refractivity contribution >= 4 is 0 Å². The Morgan fingerprint density at radius 3 is 2.63 bits per heavy atom. The SMILES string of the molecule is CC(O)C1c2ccccc2Cc2cc(C#N)ccc21. The highest BCUT2D eigenvalue weighted by molar-refractivity contribution is 5.52. The molecule has 2 unspecified atom stereocenters. The smallest absolute Gasteiger partial charge is 0.0991 e. The molecule has 2 heteroatoms. The van der Waals surface area contributed by atoms with Crippen molar-refractivity contribution in [2.24, 2.45) is 0 Å². The Hall–Kier alpha value is -2.11. The molecule has 1 aliphatic rings. The van der Waals surface area contributed by atoms with Crippen LogP contribution >= 0.6 is 0 Å². The second kappa shape index (κ2) is 4.53. The van der Waals surface area contributed by atoms with Gasteiger partial charge in [-0.3, -0.25) is 0 Å². The molecule has 0 aliphatic heterocycles. The maximum Gasteiger partial charge on any atom is 0.0991 e. The van der Waals surface area contributed by atoms with Crippen LogP contribution in [0.3, 0.4) is 0 Å². The van der Waals surface area contributed by atoms with Gasteiger partial charge in [-0.15, -0.1) is 0 Å². The molecule has 2 nitrogen and oxygen atoms in total. The molecule has 0 spiro atoms.